The third-order valence-corrected chi connectivity index (χ3v) is 6.63. The first-order valence-corrected chi connectivity index (χ1v) is 10.8. The Morgan fingerprint density at radius 3 is 2.38 bits per heavy atom. The van der Waals surface area contributed by atoms with Gasteiger partial charge in [0.15, 0.2) is 0 Å². The summed E-state index contributed by atoms with van der Waals surface area (Å²) < 4.78 is 27.8. The highest BCUT2D eigenvalue weighted by molar-refractivity contribution is 7.89. The molecule has 26 heavy (non-hydrogen) atoms. The van der Waals surface area contributed by atoms with E-state index in [1.165, 1.54) is 12.1 Å². The Balaban J connectivity index is 1.90. The first-order chi connectivity index (χ1) is 12.3. The van der Waals surface area contributed by atoms with E-state index in [0.717, 1.165) is 38.5 Å². The van der Waals surface area contributed by atoms with E-state index in [9.17, 15) is 13.2 Å². The SMILES string of the molecule is O=C(O)CCC=CCCC1(CNS(=O)(=O)c2ccc(Cl)cc2)CCCC1. The van der Waals surface area contributed by atoms with Gasteiger partial charge in [0.05, 0.1) is 4.90 Å². The fraction of sp³-hybridized carbons (Fsp3) is 0.526. The minimum Gasteiger partial charge on any atom is -0.481 e. The van der Waals surface area contributed by atoms with Crippen molar-refractivity contribution in [2.24, 2.45) is 5.41 Å². The van der Waals surface area contributed by atoms with Gasteiger partial charge in [-0.1, -0.05) is 36.6 Å². The molecular formula is C19H26ClNO4S. The van der Waals surface area contributed by atoms with Gasteiger partial charge in [0.25, 0.3) is 0 Å². The van der Waals surface area contributed by atoms with E-state index in [-0.39, 0.29) is 16.7 Å². The van der Waals surface area contributed by atoms with Crippen molar-refractivity contribution in [3.8, 4) is 0 Å². The lowest BCUT2D eigenvalue weighted by Gasteiger charge is -2.29. The Morgan fingerprint density at radius 1 is 1.15 bits per heavy atom. The number of halogens is 1. The molecule has 0 radical (unpaired) electrons. The Kier molecular flexibility index (Phi) is 7.68. The largest absolute Gasteiger partial charge is 0.481 e. The van der Waals surface area contributed by atoms with Crippen LogP contribution in [0.15, 0.2) is 41.3 Å². The van der Waals surface area contributed by atoms with Crippen molar-refractivity contribution in [1.29, 1.82) is 0 Å². The summed E-state index contributed by atoms with van der Waals surface area (Å²) in [5.41, 5.74) is -0.0172. The summed E-state index contributed by atoms with van der Waals surface area (Å²) in [6.45, 7) is 0.431. The summed E-state index contributed by atoms with van der Waals surface area (Å²) in [6, 6.07) is 6.17. The summed E-state index contributed by atoms with van der Waals surface area (Å²) in [4.78, 5) is 10.7. The molecule has 0 aromatic heterocycles. The van der Waals surface area contributed by atoms with Gasteiger partial charge in [-0.2, -0.15) is 0 Å². The van der Waals surface area contributed by atoms with Crippen molar-refractivity contribution >= 4 is 27.6 Å². The molecule has 7 heteroatoms. The highest BCUT2D eigenvalue weighted by atomic mass is 35.5. The molecule has 0 unspecified atom stereocenters. The second-order valence-corrected chi connectivity index (χ2v) is 9.13. The Hall–Kier alpha value is -1.37. The summed E-state index contributed by atoms with van der Waals surface area (Å²) >= 11 is 5.82. The molecule has 2 rings (SSSR count). The molecule has 0 heterocycles. The summed E-state index contributed by atoms with van der Waals surface area (Å²) in [7, 11) is -3.54. The summed E-state index contributed by atoms with van der Waals surface area (Å²) in [5, 5.41) is 9.14. The number of carboxylic acid groups (broad SMARTS) is 1. The second-order valence-electron chi connectivity index (χ2n) is 6.93. The van der Waals surface area contributed by atoms with Gasteiger partial charge in [-0.15, -0.1) is 0 Å². The Morgan fingerprint density at radius 2 is 1.77 bits per heavy atom. The maximum absolute atomic E-state index is 12.5. The average molecular weight is 400 g/mol. The fourth-order valence-corrected chi connectivity index (χ4v) is 4.70. The third-order valence-electron chi connectivity index (χ3n) is 4.96. The molecule has 1 aliphatic rings. The van der Waals surface area contributed by atoms with Gasteiger partial charge in [-0.05, 0) is 61.8 Å². The summed E-state index contributed by atoms with van der Waals surface area (Å²) in [5.74, 6) is -0.793. The Bertz CT molecular complexity index is 722. The number of benzene rings is 1. The lowest BCUT2D eigenvalue weighted by atomic mass is 9.81. The van der Waals surface area contributed by atoms with E-state index < -0.39 is 16.0 Å². The van der Waals surface area contributed by atoms with Crippen molar-refractivity contribution in [1.82, 2.24) is 4.72 Å². The van der Waals surface area contributed by atoms with Crippen LogP contribution in [-0.2, 0) is 14.8 Å². The van der Waals surface area contributed by atoms with Crippen molar-refractivity contribution in [2.45, 2.75) is 56.3 Å². The molecule has 144 valence electrons. The smallest absolute Gasteiger partial charge is 0.303 e. The van der Waals surface area contributed by atoms with Gasteiger partial charge in [0, 0.05) is 18.0 Å². The molecule has 1 saturated carbocycles. The molecule has 0 amide bonds. The molecule has 0 saturated heterocycles. The van der Waals surface area contributed by atoms with Crippen LogP contribution < -0.4 is 4.72 Å². The number of aliphatic carboxylic acids is 1. The van der Waals surface area contributed by atoms with Gasteiger partial charge in [-0.25, -0.2) is 13.1 Å². The quantitative estimate of drug-likeness (QED) is 0.572. The van der Waals surface area contributed by atoms with Crippen molar-refractivity contribution < 1.29 is 18.3 Å². The monoisotopic (exact) mass is 399 g/mol. The Labute approximate surface area is 160 Å². The molecule has 1 fully saturated rings. The number of nitrogens with one attached hydrogen (secondary N) is 1. The third kappa shape index (κ3) is 6.41. The molecule has 0 atom stereocenters. The number of hydrogen-bond donors (Lipinski definition) is 2. The van der Waals surface area contributed by atoms with E-state index in [0.29, 0.717) is 18.0 Å². The van der Waals surface area contributed by atoms with Crippen LogP contribution >= 0.6 is 11.6 Å². The fourth-order valence-electron chi connectivity index (χ4n) is 3.42. The molecule has 1 aliphatic carbocycles. The zero-order valence-electron chi connectivity index (χ0n) is 14.8. The standard InChI is InChI=1S/C19H26ClNO4S/c20-16-8-10-17(11-9-16)26(24,25)21-15-19(13-5-6-14-19)12-4-2-1-3-7-18(22)23/h1-2,8-11,21H,3-7,12-15H2,(H,22,23). The van der Waals surface area contributed by atoms with E-state index in [1.807, 2.05) is 12.2 Å². The van der Waals surface area contributed by atoms with Crippen molar-refractivity contribution in [3.05, 3.63) is 41.4 Å². The molecule has 0 spiro atoms. The molecule has 2 N–H and O–H groups in total. The lowest BCUT2D eigenvalue weighted by molar-refractivity contribution is -0.136. The van der Waals surface area contributed by atoms with E-state index in [4.69, 9.17) is 16.7 Å². The van der Waals surface area contributed by atoms with E-state index in [2.05, 4.69) is 4.72 Å². The van der Waals surface area contributed by atoms with Crippen LogP contribution in [0.25, 0.3) is 0 Å². The van der Waals surface area contributed by atoms with Crippen LogP contribution in [0, 0.1) is 5.41 Å². The number of carboxylic acids is 1. The minimum absolute atomic E-state index is 0.0172. The van der Waals surface area contributed by atoms with Gasteiger partial charge < -0.3 is 5.11 Å². The van der Waals surface area contributed by atoms with E-state index in [1.54, 1.807) is 12.1 Å². The van der Waals surface area contributed by atoms with Crippen LogP contribution in [0.4, 0.5) is 0 Å². The van der Waals surface area contributed by atoms with Gasteiger partial charge in [0.2, 0.25) is 10.0 Å². The normalized spacial score (nSPS) is 17.0. The van der Waals surface area contributed by atoms with Crippen LogP contribution in [0.3, 0.4) is 0 Å². The zero-order chi connectivity index (χ0) is 19.0. The molecule has 5 nitrogen and oxygen atoms in total. The molecular weight excluding hydrogens is 374 g/mol. The van der Waals surface area contributed by atoms with Gasteiger partial charge >= 0.3 is 5.97 Å². The number of sulfonamides is 1. The van der Waals surface area contributed by atoms with E-state index >= 15 is 0 Å². The number of carbonyl (C=O) groups is 1. The maximum Gasteiger partial charge on any atom is 0.303 e. The van der Waals surface area contributed by atoms with Gasteiger partial charge in [-0.3, -0.25) is 4.79 Å². The van der Waals surface area contributed by atoms with Crippen molar-refractivity contribution in [2.75, 3.05) is 6.54 Å². The van der Waals surface area contributed by atoms with Crippen LogP contribution in [0.1, 0.15) is 51.4 Å². The predicted octanol–water partition coefficient (Wildman–Crippen LogP) is 4.38. The topological polar surface area (TPSA) is 83.5 Å². The van der Waals surface area contributed by atoms with Crippen molar-refractivity contribution in [3.63, 3.8) is 0 Å². The summed E-state index contributed by atoms with van der Waals surface area (Å²) in [6.07, 6.45) is 10.6. The van der Waals surface area contributed by atoms with Crippen LogP contribution in [-0.4, -0.2) is 26.0 Å². The number of hydrogen-bond acceptors (Lipinski definition) is 3. The average Bonchev–Trinajstić information content (AvgIpc) is 3.06. The molecule has 0 aliphatic heterocycles. The van der Waals surface area contributed by atoms with Crippen LogP contribution in [0.5, 0.6) is 0 Å². The maximum atomic E-state index is 12.5. The number of allylic oxidation sites excluding steroid dienone is 2. The van der Waals surface area contributed by atoms with Crippen LogP contribution in [0.2, 0.25) is 5.02 Å². The highest BCUT2D eigenvalue weighted by Crippen LogP contribution is 2.41. The second kappa shape index (κ2) is 9.53. The molecule has 1 aromatic rings. The lowest BCUT2D eigenvalue weighted by Crippen LogP contribution is -2.36. The number of rotatable bonds is 10. The minimum atomic E-state index is -3.54. The first kappa shape index (κ1) is 20.9. The predicted molar refractivity (Wildman–Crippen MR) is 103 cm³/mol. The molecule has 0 bridgehead atoms. The molecule has 1 aromatic carbocycles. The van der Waals surface area contributed by atoms with Gasteiger partial charge in [0.1, 0.15) is 0 Å². The zero-order valence-corrected chi connectivity index (χ0v) is 16.4. The highest BCUT2D eigenvalue weighted by Gasteiger charge is 2.34. The first-order valence-electron chi connectivity index (χ1n) is 8.95.